The van der Waals surface area contributed by atoms with Gasteiger partial charge in [-0.05, 0) is 31.2 Å². The number of aliphatic hydroxyl groups excluding tert-OH is 2. The van der Waals surface area contributed by atoms with Crippen LogP contribution in [0.2, 0.25) is 0 Å². The monoisotopic (exact) mass is 308 g/mol. The highest BCUT2D eigenvalue weighted by Gasteiger charge is 2.25. The fourth-order valence-corrected chi connectivity index (χ4v) is 1.79. The van der Waals surface area contributed by atoms with Crippen molar-refractivity contribution in [3.05, 3.63) is 42.0 Å². The fraction of sp³-hybridized carbons (Fsp3) is 0.333. The number of carbonyl (C=O) groups is 1. The van der Waals surface area contributed by atoms with Crippen LogP contribution in [0.5, 0.6) is 0 Å². The standard InChI is InChI=1S/C15H17FN2O4/c1-15(8-19,9-20)18-13(21)6-12-7-22-14(17-12)10-2-4-11(16)5-3-10/h2-5,7,19-20H,6,8-9H2,1H3,(H,18,21). The number of aromatic nitrogens is 1. The van der Waals surface area contributed by atoms with E-state index in [-0.39, 0.29) is 31.3 Å². The van der Waals surface area contributed by atoms with Crippen LogP contribution in [0.1, 0.15) is 12.6 Å². The summed E-state index contributed by atoms with van der Waals surface area (Å²) in [6, 6.07) is 5.64. The van der Waals surface area contributed by atoms with Crippen molar-refractivity contribution in [2.24, 2.45) is 0 Å². The molecule has 3 N–H and O–H groups in total. The maximum Gasteiger partial charge on any atom is 0.226 e. The highest BCUT2D eigenvalue weighted by atomic mass is 19.1. The number of hydrogen-bond acceptors (Lipinski definition) is 5. The summed E-state index contributed by atoms with van der Waals surface area (Å²) in [4.78, 5) is 16.0. The van der Waals surface area contributed by atoms with Gasteiger partial charge in [-0.1, -0.05) is 0 Å². The van der Waals surface area contributed by atoms with Crippen LogP contribution < -0.4 is 5.32 Å². The molecule has 22 heavy (non-hydrogen) atoms. The zero-order valence-corrected chi connectivity index (χ0v) is 12.0. The Labute approximate surface area is 126 Å². The van der Waals surface area contributed by atoms with Gasteiger partial charge in [-0.2, -0.15) is 0 Å². The predicted octanol–water partition coefficient (Wildman–Crippen LogP) is 0.883. The molecule has 0 unspecified atom stereocenters. The molecule has 7 heteroatoms. The molecular formula is C15H17FN2O4. The molecule has 1 heterocycles. The van der Waals surface area contributed by atoms with E-state index in [0.29, 0.717) is 11.3 Å². The van der Waals surface area contributed by atoms with E-state index >= 15 is 0 Å². The topological polar surface area (TPSA) is 95.6 Å². The summed E-state index contributed by atoms with van der Waals surface area (Å²) in [7, 11) is 0. The second-order valence-corrected chi connectivity index (χ2v) is 5.25. The van der Waals surface area contributed by atoms with Gasteiger partial charge in [-0.25, -0.2) is 9.37 Å². The lowest BCUT2D eigenvalue weighted by Crippen LogP contribution is -2.52. The van der Waals surface area contributed by atoms with Crippen molar-refractivity contribution in [3.63, 3.8) is 0 Å². The van der Waals surface area contributed by atoms with Gasteiger partial charge in [0.15, 0.2) is 0 Å². The summed E-state index contributed by atoms with van der Waals surface area (Å²) in [5.41, 5.74) is -0.0840. The van der Waals surface area contributed by atoms with Crippen molar-refractivity contribution in [2.45, 2.75) is 18.9 Å². The molecule has 0 radical (unpaired) electrons. The molecule has 118 valence electrons. The van der Waals surface area contributed by atoms with E-state index < -0.39 is 11.4 Å². The van der Waals surface area contributed by atoms with E-state index in [1.54, 1.807) is 0 Å². The molecule has 0 aliphatic rings. The first-order chi connectivity index (χ1) is 10.5. The van der Waals surface area contributed by atoms with Gasteiger partial charge in [0, 0.05) is 5.56 Å². The second kappa shape index (κ2) is 6.67. The third kappa shape index (κ3) is 3.90. The molecule has 0 atom stereocenters. The second-order valence-electron chi connectivity index (χ2n) is 5.25. The summed E-state index contributed by atoms with van der Waals surface area (Å²) in [6.07, 6.45) is 1.29. The van der Waals surface area contributed by atoms with Gasteiger partial charge in [0.2, 0.25) is 11.8 Å². The first kappa shape index (κ1) is 16.1. The first-order valence-corrected chi connectivity index (χ1v) is 6.69. The number of amides is 1. The molecular weight excluding hydrogens is 291 g/mol. The number of halogens is 1. The lowest BCUT2D eigenvalue weighted by atomic mass is 10.1. The maximum absolute atomic E-state index is 12.9. The smallest absolute Gasteiger partial charge is 0.226 e. The number of rotatable bonds is 6. The minimum Gasteiger partial charge on any atom is -0.444 e. The van der Waals surface area contributed by atoms with Crippen LogP contribution in [0.15, 0.2) is 34.9 Å². The number of nitrogens with one attached hydrogen (secondary N) is 1. The summed E-state index contributed by atoms with van der Waals surface area (Å²) < 4.78 is 18.1. The molecule has 6 nitrogen and oxygen atoms in total. The number of hydrogen-bond donors (Lipinski definition) is 3. The lowest BCUT2D eigenvalue weighted by Gasteiger charge is -2.25. The number of aliphatic hydroxyl groups is 2. The zero-order valence-electron chi connectivity index (χ0n) is 12.0. The Morgan fingerprint density at radius 2 is 1.95 bits per heavy atom. The van der Waals surface area contributed by atoms with E-state index in [0.717, 1.165) is 0 Å². The van der Waals surface area contributed by atoms with Gasteiger partial charge >= 0.3 is 0 Å². The van der Waals surface area contributed by atoms with Crippen LogP contribution in [0.4, 0.5) is 4.39 Å². The summed E-state index contributed by atoms with van der Waals surface area (Å²) in [5, 5.41) is 20.8. The molecule has 0 aliphatic heterocycles. The van der Waals surface area contributed by atoms with E-state index in [1.165, 1.54) is 37.5 Å². The van der Waals surface area contributed by atoms with Crippen LogP contribution >= 0.6 is 0 Å². The molecule has 0 aliphatic carbocycles. The average Bonchev–Trinajstić information content (AvgIpc) is 2.96. The Morgan fingerprint density at radius 3 is 2.55 bits per heavy atom. The van der Waals surface area contributed by atoms with Gasteiger partial charge in [0.25, 0.3) is 0 Å². The van der Waals surface area contributed by atoms with Gasteiger partial charge in [0.05, 0.1) is 30.9 Å². The Balaban J connectivity index is 2.03. The Hall–Kier alpha value is -2.25. The van der Waals surface area contributed by atoms with E-state index in [4.69, 9.17) is 14.6 Å². The van der Waals surface area contributed by atoms with Crippen molar-refractivity contribution >= 4 is 5.91 Å². The normalized spacial score (nSPS) is 11.5. The maximum atomic E-state index is 12.9. The minimum absolute atomic E-state index is 0.0553. The van der Waals surface area contributed by atoms with E-state index in [2.05, 4.69) is 10.3 Å². The fourth-order valence-electron chi connectivity index (χ4n) is 1.79. The molecule has 0 bridgehead atoms. The highest BCUT2D eigenvalue weighted by molar-refractivity contribution is 5.79. The van der Waals surface area contributed by atoms with Gasteiger partial charge in [0.1, 0.15) is 12.1 Å². The molecule has 0 saturated heterocycles. The van der Waals surface area contributed by atoms with Crippen LogP contribution in [-0.2, 0) is 11.2 Å². The highest BCUT2D eigenvalue weighted by Crippen LogP contribution is 2.19. The summed E-state index contributed by atoms with van der Waals surface area (Å²) in [5.74, 6) is -0.471. The van der Waals surface area contributed by atoms with Gasteiger partial charge in [-0.15, -0.1) is 0 Å². The quantitative estimate of drug-likeness (QED) is 0.736. The lowest BCUT2D eigenvalue weighted by molar-refractivity contribution is -0.123. The Morgan fingerprint density at radius 1 is 1.32 bits per heavy atom. The van der Waals surface area contributed by atoms with Crippen LogP contribution in [0.25, 0.3) is 11.5 Å². The van der Waals surface area contributed by atoms with Crippen LogP contribution in [0, 0.1) is 5.82 Å². The third-order valence-corrected chi connectivity index (χ3v) is 3.12. The zero-order chi connectivity index (χ0) is 16.2. The molecule has 2 rings (SSSR count). The van der Waals surface area contributed by atoms with E-state index in [1.807, 2.05) is 0 Å². The number of benzene rings is 1. The summed E-state index contributed by atoms with van der Waals surface area (Å²) in [6.45, 7) is 0.765. The number of oxazole rings is 1. The molecule has 1 aromatic heterocycles. The van der Waals surface area contributed by atoms with Crippen molar-refractivity contribution in [3.8, 4) is 11.5 Å². The summed E-state index contributed by atoms with van der Waals surface area (Å²) >= 11 is 0. The van der Waals surface area contributed by atoms with Crippen molar-refractivity contribution < 1.29 is 23.8 Å². The Kier molecular flexibility index (Phi) is 4.89. The minimum atomic E-state index is -1.08. The number of carbonyl (C=O) groups excluding carboxylic acids is 1. The SMILES string of the molecule is CC(CO)(CO)NC(=O)Cc1coc(-c2ccc(F)cc2)n1. The average molecular weight is 308 g/mol. The van der Waals surface area contributed by atoms with Crippen molar-refractivity contribution in [2.75, 3.05) is 13.2 Å². The third-order valence-electron chi connectivity index (χ3n) is 3.12. The van der Waals surface area contributed by atoms with Crippen molar-refractivity contribution in [1.29, 1.82) is 0 Å². The molecule has 0 fully saturated rings. The van der Waals surface area contributed by atoms with Gasteiger partial charge in [-0.3, -0.25) is 4.79 Å². The first-order valence-electron chi connectivity index (χ1n) is 6.69. The molecule has 1 aromatic carbocycles. The van der Waals surface area contributed by atoms with E-state index in [9.17, 15) is 9.18 Å². The molecule has 0 saturated carbocycles. The van der Waals surface area contributed by atoms with Crippen LogP contribution in [-0.4, -0.2) is 39.9 Å². The van der Waals surface area contributed by atoms with Crippen molar-refractivity contribution in [1.82, 2.24) is 10.3 Å². The molecule has 2 aromatic rings. The van der Waals surface area contributed by atoms with Crippen LogP contribution in [0.3, 0.4) is 0 Å². The van der Waals surface area contributed by atoms with Gasteiger partial charge < -0.3 is 19.9 Å². The molecule has 0 spiro atoms. The molecule has 1 amide bonds. The predicted molar refractivity (Wildman–Crippen MR) is 76.3 cm³/mol. The largest absolute Gasteiger partial charge is 0.444 e. The Bertz CT molecular complexity index is 635. The number of nitrogens with zero attached hydrogens (tertiary/aromatic N) is 1.